The molecule has 5 heteroatoms. The van der Waals surface area contributed by atoms with E-state index in [0.717, 1.165) is 31.4 Å². The van der Waals surface area contributed by atoms with Crippen LogP contribution in [0.25, 0.3) is 0 Å². The number of carboxylic acids is 1. The molecule has 1 aliphatic heterocycles. The number of nitrogens with zero attached hydrogens (tertiary/aromatic N) is 2. The summed E-state index contributed by atoms with van der Waals surface area (Å²) in [4.78, 5) is 28.3. The van der Waals surface area contributed by atoms with Crippen molar-refractivity contribution in [3.8, 4) is 0 Å². The molecule has 0 spiro atoms. The van der Waals surface area contributed by atoms with Gasteiger partial charge in [-0.05, 0) is 43.4 Å². The fourth-order valence-electron chi connectivity index (χ4n) is 4.04. The Morgan fingerprint density at radius 2 is 1.96 bits per heavy atom. The monoisotopic (exact) mass is 316 g/mol. The van der Waals surface area contributed by atoms with Crippen LogP contribution in [0, 0.1) is 5.92 Å². The van der Waals surface area contributed by atoms with E-state index < -0.39 is 12.0 Å². The molecule has 3 atom stereocenters. The minimum absolute atomic E-state index is 0.0837. The maximum atomic E-state index is 13.0. The standard InChI is InChI=1S/C18H24N2O3/c1-19(2)14-8-5-7-13(10-14)17(21)20-15-9-4-3-6-12(15)11-16(20)18(22)23/h5,7-8,10,12,15-16H,3-4,6,9,11H2,1-2H3,(H,22,23). The van der Waals surface area contributed by atoms with E-state index in [1.807, 2.05) is 37.2 Å². The van der Waals surface area contributed by atoms with Crippen LogP contribution >= 0.6 is 0 Å². The summed E-state index contributed by atoms with van der Waals surface area (Å²) < 4.78 is 0. The number of likely N-dealkylation sites (tertiary alicyclic amines) is 1. The molecule has 1 aromatic carbocycles. The van der Waals surface area contributed by atoms with Crippen LogP contribution in [0.1, 0.15) is 42.5 Å². The van der Waals surface area contributed by atoms with Crippen LogP contribution in [0.5, 0.6) is 0 Å². The molecule has 2 fully saturated rings. The van der Waals surface area contributed by atoms with Crippen molar-refractivity contribution in [2.24, 2.45) is 5.92 Å². The van der Waals surface area contributed by atoms with Crippen LogP contribution in [0.4, 0.5) is 5.69 Å². The molecule has 5 nitrogen and oxygen atoms in total. The van der Waals surface area contributed by atoms with Crippen LogP contribution in [-0.2, 0) is 4.79 Å². The van der Waals surface area contributed by atoms with Crippen LogP contribution in [0.15, 0.2) is 24.3 Å². The van der Waals surface area contributed by atoms with E-state index in [2.05, 4.69) is 0 Å². The van der Waals surface area contributed by atoms with Gasteiger partial charge >= 0.3 is 5.97 Å². The van der Waals surface area contributed by atoms with Gasteiger partial charge in [0.15, 0.2) is 0 Å². The molecule has 1 aromatic rings. The Morgan fingerprint density at radius 1 is 1.22 bits per heavy atom. The number of rotatable bonds is 3. The molecule has 3 unspecified atom stereocenters. The molecule has 0 bridgehead atoms. The van der Waals surface area contributed by atoms with Crippen molar-refractivity contribution >= 4 is 17.6 Å². The number of hydrogen-bond donors (Lipinski definition) is 1. The molecule has 1 saturated carbocycles. The van der Waals surface area contributed by atoms with Gasteiger partial charge in [0.05, 0.1) is 0 Å². The maximum Gasteiger partial charge on any atom is 0.326 e. The minimum atomic E-state index is -0.878. The molecule has 0 radical (unpaired) electrons. The Labute approximate surface area is 136 Å². The zero-order chi connectivity index (χ0) is 16.6. The van der Waals surface area contributed by atoms with Crippen molar-refractivity contribution in [1.82, 2.24) is 4.90 Å². The van der Waals surface area contributed by atoms with Crippen LogP contribution in [-0.4, -0.2) is 48.1 Å². The summed E-state index contributed by atoms with van der Waals surface area (Å²) in [5.41, 5.74) is 1.52. The van der Waals surface area contributed by atoms with Gasteiger partial charge in [0, 0.05) is 31.4 Å². The van der Waals surface area contributed by atoms with Crippen LogP contribution in [0.2, 0.25) is 0 Å². The summed E-state index contributed by atoms with van der Waals surface area (Å²) in [5, 5.41) is 9.57. The molecular formula is C18H24N2O3. The van der Waals surface area contributed by atoms with E-state index in [-0.39, 0.29) is 11.9 Å². The number of hydrogen-bond acceptors (Lipinski definition) is 3. The Balaban J connectivity index is 1.92. The van der Waals surface area contributed by atoms with Crippen LogP contribution in [0.3, 0.4) is 0 Å². The van der Waals surface area contributed by atoms with Gasteiger partial charge in [0.2, 0.25) is 0 Å². The number of carbonyl (C=O) groups is 2. The topological polar surface area (TPSA) is 60.9 Å². The summed E-state index contributed by atoms with van der Waals surface area (Å²) in [6, 6.07) is 6.83. The molecule has 23 heavy (non-hydrogen) atoms. The molecule has 1 amide bonds. The lowest BCUT2D eigenvalue weighted by Gasteiger charge is -2.33. The zero-order valence-corrected chi connectivity index (χ0v) is 13.7. The quantitative estimate of drug-likeness (QED) is 0.931. The largest absolute Gasteiger partial charge is 0.480 e. The third-order valence-corrected chi connectivity index (χ3v) is 5.22. The number of carbonyl (C=O) groups excluding carboxylic acids is 1. The van der Waals surface area contributed by atoms with E-state index in [0.29, 0.717) is 17.9 Å². The highest BCUT2D eigenvalue weighted by Gasteiger charge is 2.47. The van der Waals surface area contributed by atoms with Gasteiger partial charge in [0.1, 0.15) is 6.04 Å². The fourth-order valence-corrected chi connectivity index (χ4v) is 4.04. The lowest BCUT2D eigenvalue weighted by molar-refractivity contribution is -0.141. The Hall–Kier alpha value is -2.04. The van der Waals surface area contributed by atoms with Crippen molar-refractivity contribution in [2.45, 2.75) is 44.2 Å². The Bertz CT molecular complexity index is 614. The summed E-state index contributed by atoms with van der Waals surface area (Å²) in [6.07, 6.45) is 4.78. The fraction of sp³-hybridized carbons (Fsp3) is 0.556. The number of fused-ring (bicyclic) bond motifs is 1. The highest BCUT2D eigenvalue weighted by molar-refractivity contribution is 5.98. The predicted octanol–water partition coefficient (Wildman–Crippen LogP) is 2.61. The van der Waals surface area contributed by atoms with E-state index in [1.54, 1.807) is 11.0 Å². The van der Waals surface area contributed by atoms with Crippen molar-refractivity contribution in [3.63, 3.8) is 0 Å². The minimum Gasteiger partial charge on any atom is -0.480 e. The molecular weight excluding hydrogens is 292 g/mol. The number of carboxylic acid groups (broad SMARTS) is 1. The molecule has 1 saturated heterocycles. The first-order valence-corrected chi connectivity index (χ1v) is 8.32. The van der Waals surface area contributed by atoms with Gasteiger partial charge in [-0.15, -0.1) is 0 Å². The molecule has 1 aliphatic carbocycles. The maximum absolute atomic E-state index is 13.0. The van der Waals surface area contributed by atoms with Gasteiger partial charge in [-0.3, -0.25) is 4.79 Å². The Morgan fingerprint density at radius 3 is 2.65 bits per heavy atom. The van der Waals surface area contributed by atoms with E-state index in [9.17, 15) is 14.7 Å². The zero-order valence-electron chi connectivity index (χ0n) is 13.7. The van der Waals surface area contributed by atoms with E-state index in [4.69, 9.17) is 0 Å². The summed E-state index contributed by atoms with van der Waals surface area (Å²) in [7, 11) is 3.85. The average Bonchev–Trinajstić information content (AvgIpc) is 2.94. The number of anilines is 1. The lowest BCUT2D eigenvalue weighted by Crippen LogP contribution is -2.46. The van der Waals surface area contributed by atoms with Crippen molar-refractivity contribution in [2.75, 3.05) is 19.0 Å². The molecule has 0 aromatic heterocycles. The van der Waals surface area contributed by atoms with Crippen LogP contribution < -0.4 is 4.90 Å². The Kier molecular flexibility index (Phi) is 4.28. The van der Waals surface area contributed by atoms with Crippen molar-refractivity contribution < 1.29 is 14.7 Å². The van der Waals surface area contributed by atoms with Gasteiger partial charge in [-0.25, -0.2) is 4.79 Å². The first-order chi connectivity index (χ1) is 11.0. The third kappa shape index (κ3) is 2.92. The number of benzene rings is 1. The van der Waals surface area contributed by atoms with E-state index >= 15 is 0 Å². The van der Waals surface area contributed by atoms with Crippen molar-refractivity contribution in [1.29, 1.82) is 0 Å². The van der Waals surface area contributed by atoms with Gasteiger partial charge in [-0.2, -0.15) is 0 Å². The molecule has 1 heterocycles. The smallest absolute Gasteiger partial charge is 0.326 e. The summed E-state index contributed by atoms with van der Waals surface area (Å²) in [5.74, 6) is -0.683. The second-order valence-corrected chi connectivity index (χ2v) is 6.86. The van der Waals surface area contributed by atoms with Gasteiger partial charge in [0.25, 0.3) is 5.91 Å². The number of aliphatic carboxylic acids is 1. The van der Waals surface area contributed by atoms with Gasteiger partial charge in [-0.1, -0.05) is 18.9 Å². The molecule has 2 aliphatic rings. The normalized spacial score (nSPS) is 26.7. The second-order valence-electron chi connectivity index (χ2n) is 6.86. The first-order valence-electron chi connectivity index (χ1n) is 8.32. The molecule has 124 valence electrons. The summed E-state index contributed by atoms with van der Waals surface area (Å²) in [6.45, 7) is 0. The second kappa shape index (κ2) is 6.22. The lowest BCUT2D eigenvalue weighted by atomic mass is 9.84. The predicted molar refractivity (Wildman–Crippen MR) is 88.7 cm³/mol. The van der Waals surface area contributed by atoms with Crippen molar-refractivity contribution in [3.05, 3.63) is 29.8 Å². The van der Waals surface area contributed by atoms with E-state index in [1.165, 1.54) is 0 Å². The third-order valence-electron chi connectivity index (χ3n) is 5.22. The average molecular weight is 316 g/mol. The summed E-state index contributed by atoms with van der Waals surface area (Å²) >= 11 is 0. The number of amides is 1. The SMILES string of the molecule is CN(C)c1cccc(C(=O)N2C(C(=O)O)CC3CCCCC32)c1. The van der Waals surface area contributed by atoms with Gasteiger partial charge < -0.3 is 14.9 Å². The molecule has 3 rings (SSSR count). The highest BCUT2D eigenvalue weighted by atomic mass is 16.4. The highest BCUT2D eigenvalue weighted by Crippen LogP contribution is 2.40. The molecule has 1 N–H and O–H groups in total. The first kappa shape index (κ1) is 15.8.